The summed E-state index contributed by atoms with van der Waals surface area (Å²) in [6, 6.07) is 2.83. The van der Waals surface area contributed by atoms with Gasteiger partial charge in [0.2, 0.25) is 5.75 Å². The van der Waals surface area contributed by atoms with E-state index in [9.17, 15) is 14.9 Å². The molecule has 0 aromatic carbocycles. The lowest BCUT2D eigenvalue weighted by molar-refractivity contribution is -0.390. The summed E-state index contributed by atoms with van der Waals surface area (Å²) in [5, 5.41) is 10.7. The highest BCUT2D eigenvalue weighted by Gasteiger charge is 2.22. The molecule has 0 N–H and O–H groups in total. The van der Waals surface area contributed by atoms with Gasteiger partial charge in [-0.1, -0.05) is 22.9 Å². The number of esters is 1. The predicted octanol–water partition coefficient (Wildman–Crippen LogP) is 2.68. The number of nitro groups is 1. The standard InChI is InChI=1S/C10H6ClN3O5S/c1-18-9(15)6-7(11)13-10(20-6)19-5-3-2-4-12-8(5)14(16)17/h2-4H,1H3. The summed E-state index contributed by atoms with van der Waals surface area (Å²) < 4.78 is 9.75. The number of rotatable bonds is 4. The minimum atomic E-state index is -0.689. The molecule has 0 atom stereocenters. The number of pyridine rings is 1. The van der Waals surface area contributed by atoms with Crippen molar-refractivity contribution in [1.29, 1.82) is 0 Å². The van der Waals surface area contributed by atoms with E-state index in [1.54, 1.807) is 0 Å². The molecule has 0 aliphatic heterocycles. The quantitative estimate of drug-likeness (QED) is 0.485. The molecule has 2 aromatic rings. The second kappa shape index (κ2) is 5.80. The SMILES string of the molecule is COC(=O)c1sc(Oc2cccnc2[N+](=O)[O-])nc1Cl. The number of hydrogen-bond donors (Lipinski definition) is 0. The Morgan fingerprint density at radius 1 is 1.55 bits per heavy atom. The smallest absolute Gasteiger partial charge is 0.406 e. The van der Waals surface area contributed by atoms with Crippen LogP contribution in [0, 0.1) is 10.1 Å². The van der Waals surface area contributed by atoms with E-state index in [-0.39, 0.29) is 21.0 Å². The van der Waals surface area contributed by atoms with Crippen LogP contribution in [-0.2, 0) is 4.74 Å². The van der Waals surface area contributed by atoms with Gasteiger partial charge in [0, 0.05) is 0 Å². The largest absolute Gasteiger partial charge is 0.465 e. The lowest BCUT2D eigenvalue weighted by Crippen LogP contribution is -1.98. The third-order valence-corrected chi connectivity index (χ3v) is 3.36. The van der Waals surface area contributed by atoms with Gasteiger partial charge < -0.3 is 19.6 Å². The normalized spacial score (nSPS) is 10.1. The zero-order chi connectivity index (χ0) is 14.7. The molecule has 20 heavy (non-hydrogen) atoms. The molecule has 0 amide bonds. The van der Waals surface area contributed by atoms with Crippen LogP contribution in [0.1, 0.15) is 9.67 Å². The molecule has 2 heterocycles. The van der Waals surface area contributed by atoms with Crippen LogP contribution >= 0.6 is 22.9 Å². The second-order valence-corrected chi connectivity index (χ2v) is 4.60. The van der Waals surface area contributed by atoms with E-state index < -0.39 is 16.7 Å². The van der Waals surface area contributed by atoms with E-state index >= 15 is 0 Å². The first-order valence-corrected chi connectivity index (χ1v) is 6.24. The number of carbonyl (C=O) groups is 1. The van der Waals surface area contributed by atoms with Crippen molar-refractivity contribution in [2.45, 2.75) is 0 Å². The topological polar surface area (TPSA) is 104 Å². The van der Waals surface area contributed by atoms with Crippen LogP contribution in [0.4, 0.5) is 5.82 Å². The van der Waals surface area contributed by atoms with Crippen LogP contribution < -0.4 is 4.74 Å². The summed E-state index contributed by atoms with van der Waals surface area (Å²) >= 11 is 6.57. The number of aromatic nitrogens is 2. The van der Waals surface area contributed by atoms with Crippen molar-refractivity contribution >= 4 is 34.7 Å². The van der Waals surface area contributed by atoms with Crippen molar-refractivity contribution in [3.63, 3.8) is 0 Å². The Morgan fingerprint density at radius 2 is 2.30 bits per heavy atom. The fraction of sp³-hybridized carbons (Fsp3) is 0.100. The van der Waals surface area contributed by atoms with Crippen molar-refractivity contribution in [3.8, 4) is 10.9 Å². The number of hydrogen-bond acceptors (Lipinski definition) is 8. The Hall–Kier alpha value is -2.26. The van der Waals surface area contributed by atoms with Crippen LogP contribution in [0.25, 0.3) is 0 Å². The molecule has 10 heteroatoms. The number of carbonyl (C=O) groups excluding carboxylic acids is 1. The van der Waals surface area contributed by atoms with Gasteiger partial charge in [0.25, 0.3) is 5.19 Å². The van der Waals surface area contributed by atoms with Gasteiger partial charge in [-0.3, -0.25) is 0 Å². The molecule has 0 aliphatic rings. The van der Waals surface area contributed by atoms with Crippen molar-refractivity contribution < 1.29 is 19.2 Å². The van der Waals surface area contributed by atoms with Gasteiger partial charge in [-0.2, -0.15) is 4.98 Å². The van der Waals surface area contributed by atoms with Crippen LogP contribution in [-0.4, -0.2) is 28.0 Å². The molecule has 0 aliphatic carbocycles. The van der Waals surface area contributed by atoms with E-state index in [2.05, 4.69) is 14.7 Å². The average Bonchev–Trinajstić information content (AvgIpc) is 2.79. The Morgan fingerprint density at radius 3 is 2.95 bits per heavy atom. The number of thiazole rings is 1. The van der Waals surface area contributed by atoms with Crippen LogP contribution in [0.3, 0.4) is 0 Å². The van der Waals surface area contributed by atoms with Gasteiger partial charge in [-0.25, -0.2) is 4.79 Å². The van der Waals surface area contributed by atoms with Crippen LogP contribution in [0.2, 0.25) is 5.15 Å². The summed E-state index contributed by atoms with van der Waals surface area (Å²) in [6.45, 7) is 0. The van der Waals surface area contributed by atoms with Crippen LogP contribution in [0.5, 0.6) is 10.9 Å². The molecule has 2 aromatic heterocycles. The molecule has 0 bridgehead atoms. The van der Waals surface area contributed by atoms with Gasteiger partial charge in [0.05, 0.1) is 7.11 Å². The molecule has 0 spiro atoms. The lowest BCUT2D eigenvalue weighted by atomic mass is 10.4. The molecular formula is C10H6ClN3O5S. The number of nitrogens with zero attached hydrogens (tertiary/aromatic N) is 3. The van der Waals surface area contributed by atoms with Crippen LogP contribution in [0.15, 0.2) is 18.3 Å². The van der Waals surface area contributed by atoms with Crippen molar-refractivity contribution in [2.75, 3.05) is 7.11 Å². The summed E-state index contributed by atoms with van der Waals surface area (Å²) in [6.07, 6.45) is 1.26. The number of ether oxygens (including phenoxy) is 2. The first-order chi connectivity index (χ1) is 9.52. The third kappa shape index (κ3) is 2.83. The van der Waals surface area contributed by atoms with Gasteiger partial charge >= 0.3 is 11.8 Å². The maximum atomic E-state index is 11.4. The molecule has 0 fully saturated rings. The maximum Gasteiger partial charge on any atom is 0.406 e. The van der Waals surface area contributed by atoms with Crippen molar-refractivity contribution in [2.24, 2.45) is 0 Å². The summed E-state index contributed by atoms with van der Waals surface area (Å²) in [4.78, 5) is 28.9. The van der Waals surface area contributed by atoms with Gasteiger partial charge in [-0.05, 0) is 22.0 Å². The molecule has 8 nitrogen and oxygen atoms in total. The average molecular weight is 316 g/mol. The van der Waals surface area contributed by atoms with Crippen molar-refractivity contribution in [1.82, 2.24) is 9.97 Å². The molecule has 0 radical (unpaired) electrons. The predicted molar refractivity (Wildman–Crippen MR) is 69.4 cm³/mol. The molecular weight excluding hydrogens is 310 g/mol. The molecule has 104 valence electrons. The highest BCUT2D eigenvalue weighted by Crippen LogP contribution is 2.35. The second-order valence-electron chi connectivity index (χ2n) is 3.28. The highest BCUT2D eigenvalue weighted by atomic mass is 35.5. The van der Waals surface area contributed by atoms with Crippen molar-refractivity contribution in [3.05, 3.63) is 38.5 Å². The van der Waals surface area contributed by atoms with E-state index in [1.165, 1.54) is 25.4 Å². The fourth-order valence-corrected chi connectivity index (χ4v) is 2.30. The molecule has 2 rings (SSSR count). The van der Waals surface area contributed by atoms with E-state index in [4.69, 9.17) is 16.3 Å². The number of methoxy groups -OCH3 is 1. The molecule has 0 unspecified atom stereocenters. The minimum Gasteiger partial charge on any atom is -0.465 e. The third-order valence-electron chi connectivity index (χ3n) is 2.06. The Balaban J connectivity index is 2.32. The Kier molecular flexibility index (Phi) is 4.11. The first kappa shape index (κ1) is 14.2. The molecule has 0 saturated heterocycles. The van der Waals surface area contributed by atoms with Gasteiger partial charge in [-0.15, -0.1) is 0 Å². The summed E-state index contributed by atoms with van der Waals surface area (Å²) in [7, 11) is 1.20. The Bertz CT molecular complexity index is 675. The highest BCUT2D eigenvalue weighted by molar-refractivity contribution is 7.15. The monoisotopic (exact) mass is 315 g/mol. The minimum absolute atomic E-state index is 0.0218. The lowest BCUT2D eigenvalue weighted by Gasteiger charge is -2.00. The maximum absolute atomic E-state index is 11.4. The van der Waals surface area contributed by atoms with Gasteiger partial charge in [0.1, 0.15) is 6.20 Å². The van der Waals surface area contributed by atoms with E-state index in [0.29, 0.717) is 0 Å². The molecule has 0 saturated carbocycles. The Labute approximate surface area is 121 Å². The summed E-state index contributed by atoms with van der Waals surface area (Å²) in [5.41, 5.74) is 0. The first-order valence-electron chi connectivity index (χ1n) is 5.05. The van der Waals surface area contributed by atoms with E-state index in [0.717, 1.165) is 11.3 Å². The number of halogens is 1. The summed E-state index contributed by atoms with van der Waals surface area (Å²) in [5.74, 6) is -1.22. The van der Waals surface area contributed by atoms with Gasteiger partial charge in [0.15, 0.2) is 10.0 Å². The fourth-order valence-electron chi connectivity index (χ4n) is 1.24. The zero-order valence-corrected chi connectivity index (χ0v) is 11.5. The van der Waals surface area contributed by atoms with E-state index in [1.807, 2.05) is 0 Å². The zero-order valence-electron chi connectivity index (χ0n) is 9.90.